The Bertz CT molecular complexity index is 1010. The van der Waals surface area contributed by atoms with E-state index in [-0.39, 0.29) is 0 Å². The highest BCUT2D eigenvalue weighted by atomic mass is 16.5. The van der Waals surface area contributed by atoms with Crippen LogP contribution in [0.4, 0.5) is 0 Å². The topological polar surface area (TPSA) is 68.2 Å². The predicted octanol–water partition coefficient (Wildman–Crippen LogP) is 4.50. The van der Waals surface area contributed by atoms with E-state index >= 15 is 0 Å². The van der Waals surface area contributed by atoms with E-state index in [0.29, 0.717) is 11.7 Å². The van der Waals surface area contributed by atoms with Crippen LogP contribution in [-0.2, 0) is 12.8 Å². The van der Waals surface area contributed by atoms with Gasteiger partial charge in [0.25, 0.3) is 0 Å². The summed E-state index contributed by atoms with van der Waals surface area (Å²) in [4.78, 5) is 6.75. The standard InChI is InChI=1S/C23H24N4O2/c1-27(16-14-22-24-23(26-29-22)19-11-6-3-7-12-19)15-8-13-20-17-21(25-28-20)18-9-4-2-5-10-18/h2-7,9-12,17H,8,13-16H2,1H3. The zero-order chi connectivity index (χ0) is 19.9. The number of benzene rings is 2. The Morgan fingerprint density at radius 1 is 0.793 bits per heavy atom. The molecule has 29 heavy (non-hydrogen) atoms. The average Bonchev–Trinajstić information content (AvgIpc) is 3.44. The van der Waals surface area contributed by atoms with E-state index in [4.69, 9.17) is 9.05 Å². The van der Waals surface area contributed by atoms with Crippen LogP contribution in [-0.4, -0.2) is 40.3 Å². The van der Waals surface area contributed by atoms with E-state index < -0.39 is 0 Å². The highest BCUT2D eigenvalue weighted by Gasteiger charge is 2.10. The molecule has 0 saturated carbocycles. The summed E-state index contributed by atoms with van der Waals surface area (Å²) in [6, 6.07) is 22.0. The van der Waals surface area contributed by atoms with Gasteiger partial charge in [-0.1, -0.05) is 71.0 Å². The van der Waals surface area contributed by atoms with Gasteiger partial charge in [-0.3, -0.25) is 0 Å². The summed E-state index contributed by atoms with van der Waals surface area (Å²) in [5.41, 5.74) is 2.94. The normalized spacial score (nSPS) is 11.2. The average molecular weight is 388 g/mol. The van der Waals surface area contributed by atoms with Gasteiger partial charge >= 0.3 is 0 Å². The van der Waals surface area contributed by atoms with Crippen molar-refractivity contribution in [2.75, 3.05) is 20.1 Å². The lowest BCUT2D eigenvalue weighted by atomic mass is 10.1. The highest BCUT2D eigenvalue weighted by molar-refractivity contribution is 5.58. The fourth-order valence-corrected chi connectivity index (χ4v) is 3.16. The molecule has 0 fully saturated rings. The predicted molar refractivity (Wildman–Crippen MR) is 111 cm³/mol. The van der Waals surface area contributed by atoms with Crippen molar-refractivity contribution in [2.24, 2.45) is 0 Å². The number of likely N-dealkylation sites (N-methyl/N-ethyl adjacent to an activating group) is 1. The molecule has 4 aromatic rings. The van der Waals surface area contributed by atoms with E-state index in [9.17, 15) is 0 Å². The summed E-state index contributed by atoms with van der Waals surface area (Å²) >= 11 is 0. The van der Waals surface area contributed by atoms with Gasteiger partial charge in [-0.25, -0.2) is 0 Å². The Labute approximate surface area is 170 Å². The van der Waals surface area contributed by atoms with Crippen molar-refractivity contribution in [3.8, 4) is 22.6 Å². The van der Waals surface area contributed by atoms with Crippen LogP contribution in [0.5, 0.6) is 0 Å². The van der Waals surface area contributed by atoms with Crippen molar-refractivity contribution >= 4 is 0 Å². The minimum absolute atomic E-state index is 0.641. The van der Waals surface area contributed by atoms with Gasteiger partial charge in [-0.05, 0) is 20.0 Å². The molecule has 2 heterocycles. The van der Waals surface area contributed by atoms with Gasteiger partial charge < -0.3 is 13.9 Å². The Morgan fingerprint density at radius 2 is 1.52 bits per heavy atom. The molecule has 2 aromatic heterocycles. The molecule has 0 spiro atoms. The van der Waals surface area contributed by atoms with E-state index in [0.717, 1.165) is 54.9 Å². The number of hydrogen-bond acceptors (Lipinski definition) is 6. The van der Waals surface area contributed by atoms with E-state index in [2.05, 4.69) is 27.2 Å². The van der Waals surface area contributed by atoms with E-state index in [1.54, 1.807) is 0 Å². The highest BCUT2D eigenvalue weighted by Crippen LogP contribution is 2.19. The molecular weight excluding hydrogens is 364 g/mol. The molecule has 0 N–H and O–H groups in total. The van der Waals surface area contributed by atoms with Gasteiger partial charge in [0.2, 0.25) is 11.7 Å². The van der Waals surface area contributed by atoms with Gasteiger partial charge in [0.05, 0.1) is 0 Å². The van der Waals surface area contributed by atoms with Gasteiger partial charge in [0.1, 0.15) is 11.5 Å². The first kappa shape index (κ1) is 19.1. The number of hydrogen-bond donors (Lipinski definition) is 0. The Hall–Kier alpha value is -3.25. The largest absolute Gasteiger partial charge is 0.361 e. The smallest absolute Gasteiger partial charge is 0.228 e. The molecule has 4 rings (SSSR count). The summed E-state index contributed by atoms with van der Waals surface area (Å²) in [5, 5.41) is 8.24. The van der Waals surface area contributed by atoms with Gasteiger partial charge in [-0.15, -0.1) is 0 Å². The van der Waals surface area contributed by atoms with Crippen molar-refractivity contribution in [3.63, 3.8) is 0 Å². The van der Waals surface area contributed by atoms with Crippen LogP contribution in [0, 0.1) is 0 Å². The lowest BCUT2D eigenvalue weighted by Gasteiger charge is -2.14. The Balaban J connectivity index is 1.21. The summed E-state index contributed by atoms with van der Waals surface area (Å²) in [6.07, 6.45) is 2.60. The van der Waals surface area contributed by atoms with Crippen LogP contribution in [0.2, 0.25) is 0 Å². The minimum atomic E-state index is 0.641. The van der Waals surface area contributed by atoms with E-state index in [1.807, 2.05) is 66.7 Å². The second kappa shape index (κ2) is 9.30. The minimum Gasteiger partial charge on any atom is -0.361 e. The molecule has 0 aliphatic heterocycles. The second-order valence-electron chi connectivity index (χ2n) is 7.08. The molecule has 6 nitrogen and oxygen atoms in total. The molecule has 6 heteroatoms. The molecular formula is C23H24N4O2. The lowest BCUT2D eigenvalue weighted by Crippen LogP contribution is -2.22. The Morgan fingerprint density at radius 3 is 2.28 bits per heavy atom. The molecule has 148 valence electrons. The second-order valence-corrected chi connectivity index (χ2v) is 7.08. The zero-order valence-electron chi connectivity index (χ0n) is 16.5. The van der Waals surface area contributed by atoms with Crippen molar-refractivity contribution in [3.05, 3.63) is 78.4 Å². The summed E-state index contributed by atoms with van der Waals surface area (Å²) in [7, 11) is 2.10. The number of nitrogens with zero attached hydrogens (tertiary/aromatic N) is 4. The number of rotatable bonds is 9. The van der Waals surface area contributed by atoms with Crippen molar-refractivity contribution in [1.29, 1.82) is 0 Å². The third-order valence-electron chi connectivity index (χ3n) is 4.80. The third-order valence-corrected chi connectivity index (χ3v) is 4.80. The summed E-state index contributed by atoms with van der Waals surface area (Å²) < 4.78 is 10.9. The van der Waals surface area contributed by atoms with Gasteiger partial charge in [0.15, 0.2) is 0 Å². The third kappa shape index (κ3) is 5.18. The number of aromatic nitrogens is 3. The van der Waals surface area contributed by atoms with Crippen LogP contribution in [0.3, 0.4) is 0 Å². The van der Waals surface area contributed by atoms with Crippen LogP contribution < -0.4 is 0 Å². The van der Waals surface area contributed by atoms with Crippen LogP contribution in [0.15, 0.2) is 75.8 Å². The maximum absolute atomic E-state index is 5.47. The quantitative estimate of drug-likeness (QED) is 0.421. The molecule has 0 bridgehead atoms. The fraction of sp³-hybridized carbons (Fsp3) is 0.261. The summed E-state index contributed by atoms with van der Waals surface area (Å²) in [6.45, 7) is 1.82. The number of aryl methyl sites for hydroxylation is 1. The Kier molecular flexibility index (Phi) is 6.12. The first-order chi connectivity index (χ1) is 14.3. The molecule has 0 aliphatic carbocycles. The molecule has 0 aliphatic rings. The monoisotopic (exact) mass is 388 g/mol. The maximum Gasteiger partial charge on any atom is 0.228 e. The van der Waals surface area contributed by atoms with E-state index in [1.165, 1.54) is 0 Å². The molecule has 2 aromatic carbocycles. The SMILES string of the molecule is CN(CCCc1cc(-c2ccccc2)no1)CCc1nc(-c2ccccc2)no1. The molecule has 0 atom stereocenters. The molecule has 0 unspecified atom stereocenters. The van der Waals surface area contributed by atoms with Crippen LogP contribution >= 0.6 is 0 Å². The van der Waals surface area contributed by atoms with Crippen molar-refractivity contribution in [2.45, 2.75) is 19.3 Å². The van der Waals surface area contributed by atoms with Gasteiger partial charge in [-0.2, -0.15) is 4.98 Å². The van der Waals surface area contributed by atoms with Crippen LogP contribution in [0.25, 0.3) is 22.6 Å². The molecule has 0 amide bonds. The summed E-state index contributed by atoms with van der Waals surface area (Å²) in [5.74, 6) is 2.22. The molecule has 0 saturated heterocycles. The van der Waals surface area contributed by atoms with Crippen molar-refractivity contribution in [1.82, 2.24) is 20.2 Å². The van der Waals surface area contributed by atoms with Crippen molar-refractivity contribution < 1.29 is 9.05 Å². The fourth-order valence-electron chi connectivity index (χ4n) is 3.16. The zero-order valence-corrected chi connectivity index (χ0v) is 16.5. The maximum atomic E-state index is 5.47. The van der Waals surface area contributed by atoms with Gasteiger partial charge in [0, 0.05) is 36.6 Å². The lowest BCUT2D eigenvalue weighted by molar-refractivity contribution is 0.300. The van der Waals surface area contributed by atoms with Crippen LogP contribution in [0.1, 0.15) is 18.1 Å². The first-order valence-electron chi connectivity index (χ1n) is 9.85. The molecule has 0 radical (unpaired) electrons. The first-order valence-corrected chi connectivity index (χ1v) is 9.85.